The third-order valence-corrected chi connectivity index (χ3v) is 3.60. The first kappa shape index (κ1) is 13.3. The van der Waals surface area contributed by atoms with Crippen LogP contribution >= 0.6 is 15.9 Å². The number of esters is 1. The molecular weight excluding hydrogens is 320 g/mol. The number of cyclic esters (lactones) is 1. The van der Waals surface area contributed by atoms with Gasteiger partial charge in [-0.15, -0.1) is 0 Å². The molecule has 102 valence electrons. The van der Waals surface area contributed by atoms with Crippen molar-refractivity contribution in [3.05, 3.63) is 71.3 Å². The summed E-state index contributed by atoms with van der Waals surface area (Å²) in [5.41, 5.74) is 2.14. The van der Waals surface area contributed by atoms with E-state index in [9.17, 15) is 4.79 Å². The minimum absolute atomic E-state index is 0.348. The predicted molar refractivity (Wildman–Crippen MR) is 78.8 cm³/mol. The minimum Gasteiger partial charge on any atom is -0.420 e. The van der Waals surface area contributed by atoms with Crippen LogP contribution in [0.5, 0.6) is 0 Å². The van der Waals surface area contributed by atoms with E-state index in [1.165, 1.54) is 0 Å². The second-order valence-corrected chi connectivity index (χ2v) is 5.25. The molecule has 0 N–H and O–H groups in total. The molecule has 0 saturated heterocycles. The standard InChI is InChI=1S/C16H13BrO3/c17-10-11-19-16(12-6-2-1-3-7-12)14-9-5-4-8-13(14)15(18)20-16/h1-9H,10-11H2/t16-/m0/s1. The SMILES string of the molecule is O=C1O[C@@](OCCBr)(c2ccccc2)c2ccccc21. The van der Waals surface area contributed by atoms with Gasteiger partial charge in [-0.3, -0.25) is 0 Å². The Kier molecular flexibility index (Phi) is 3.59. The van der Waals surface area contributed by atoms with Crippen molar-refractivity contribution < 1.29 is 14.3 Å². The van der Waals surface area contributed by atoms with Crippen LogP contribution in [0.3, 0.4) is 0 Å². The number of halogens is 1. The first-order valence-corrected chi connectivity index (χ1v) is 7.48. The van der Waals surface area contributed by atoms with Crippen molar-refractivity contribution in [2.24, 2.45) is 0 Å². The number of rotatable bonds is 4. The van der Waals surface area contributed by atoms with E-state index < -0.39 is 5.79 Å². The van der Waals surface area contributed by atoms with Crippen LogP contribution in [0.4, 0.5) is 0 Å². The summed E-state index contributed by atoms with van der Waals surface area (Å²) in [5, 5.41) is 0.668. The lowest BCUT2D eigenvalue weighted by atomic mass is 9.95. The molecule has 0 bridgehead atoms. The van der Waals surface area contributed by atoms with Crippen LogP contribution in [-0.2, 0) is 15.3 Å². The number of hydrogen-bond acceptors (Lipinski definition) is 3. The molecule has 2 aromatic carbocycles. The van der Waals surface area contributed by atoms with Gasteiger partial charge in [0.15, 0.2) is 0 Å². The van der Waals surface area contributed by atoms with Gasteiger partial charge in [-0.05, 0) is 6.07 Å². The molecule has 3 nitrogen and oxygen atoms in total. The van der Waals surface area contributed by atoms with E-state index in [2.05, 4.69) is 15.9 Å². The normalized spacial score (nSPS) is 20.6. The molecule has 0 radical (unpaired) electrons. The summed E-state index contributed by atoms with van der Waals surface area (Å²) in [6.45, 7) is 0.441. The number of hydrogen-bond donors (Lipinski definition) is 0. The zero-order chi connectivity index (χ0) is 14.0. The maximum atomic E-state index is 12.1. The lowest BCUT2D eigenvalue weighted by molar-refractivity contribution is -0.170. The van der Waals surface area contributed by atoms with E-state index in [0.29, 0.717) is 17.5 Å². The predicted octanol–water partition coefficient (Wildman–Crippen LogP) is 3.47. The topological polar surface area (TPSA) is 35.5 Å². The summed E-state index contributed by atoms with van der Waals surface area (Å²) >= 11 is 3.34. The van der Waals surface area contributed by atoms with E-state index >= 15 is 0 Å². The van der Waals surface area contributed by atoms with Gasteiger partial charge in [0.2, 0.25) is 0 Å². The van der Waals surface area contributed by atoms with Crippen molar-refractivity contribution in [2.45, 2.75) is 5.79 Å². The van der Waals surface area contributed by atoms with Crippen molar-refractivity contribution in [3.8, 4) is 0 Å². The Morgan fingerprint density at radius 2 is 1.75 bits per heavy atom. The lowest BCUT2D eigenvalue weighted by Gasteiger charge is -2.29. The molecule has 0 amide bonds. The van der Waals surface area contributed by atoms with Crippen molar-refractivity contribution in [1.29, 1.82) is 0 Å². The Morgan fingerprint density at radius 3 is 2.50 bits per heavy atom. The highest BCUT2D eigenvalue weighted by molar-refractivity contribution is 9.09. The van der Waals surface area contributed by atoms with Gasteiger partial charge in [-0.2, -0.15) is 0 Å². The van der Waals surface area contributed by atoms with E-state index in [1.54, 1.807) is 6.07 Å². The van der Waals surface area contributed by atoms with E-state index in [4.69, 9.17) is 9.47 Å². The molecule has 3 rings (SSSR count). The van der Waals surface area contributed by atoms with Crippen LogP contribution < -0.4 is 0 Å². The van der Waals surface area contributed by atoms with Gasteiger partial charge in [0.05, 0.1) is 12.2 Å². The molecule has 2 aromatic rings. The van der Waals surface area contributed by atoms with Crippen LogP contribution in [0.2, 0.25) is 0 Å². The molecule has 0 unspecified atom stereocenters. The van der Waals surface area contributed by atoms with E-state index in [1.807, 2.05) is 48.5 Å². The fourth-order valence-corrected chi connectivity index (χ4v) is 2.60. The lowest BCUT2D eigenvalue weighted by Crippen LogP contribution is -2.32. The summed E-state index contributed by atoms with van der Waals surface area (Å²) < 4.78 is 11.6. The number of benzene rings is 2. The largest absolute Gasteiger partial charge is 0.420 e. The average molecular weight is 333 g/mol. The van der Waals surface area contributed by atoms with Gasteiger partial charge in [0.25, 0.3) is 5.79 Å². The van der Waals surface area contributed by atoms with Crippen molar-refractivity contribution in [2.75, 3.05) is 11.9 Å². The fourth-order valence-electron chi connectivity index (χ4n) is 2.43. The van der Waals surface area contributed by atoms with Crippen molar-refractivity contribution in [1.82, 2.24) is 0 Å². The monoisotopic (exact) mass is 332 g/mol. The van der Waals surface area contributed by atoms with Gasteiger partial charge in [-0.1, -0.05) is 64.5 Å². The smallest absolute Gasteiger partial charge is 0.341 e. The highest BCUT2D eigenvalue weighted by Gasteiger charge is 2.48. The van der Waals surface area contributed by atoms with Crippen LogP contribution in [0.1, 0.15) is 21.5 Å². The molecule has 0 spiro atoms. The highest BCUT2D eigenvalue weighted by atomic mass is 79.9. The fraction of sp³-hybridized carbons (Fsp3) is 0.188. The Labute approximate surface area is 125 Å². The Bertz CT molecular complexity index is 627. The third kappa shape index (κ3) is 2.05. The van der Waals surface area contributed by atoms with Gasteiger partial charge >= 0.3 is 5.97 Å². The summed E-state index contributed by atoms with van der Waals surface area (Å²) in [4.78, 5) is 12.1. The quantitative estimate of drug-likeness (QED) is 0.635. The average Bonchev–Trinajstić information content (AvgIpc) is 2.80. The van der Waals surface area contributed by atoms with Gasteiger partial charge in [0.1, 0.15) is 0 Å². The maximum Gasteiger partial charge on any atom is 0.341 e. The molecule has 4 heteroatoms. The molecule has 1 aliphatic heterocycles. The Morgan fingerprint density at radius 1 is 1.05 bits per heavy atom. The summed E-state index contributed by atoms with van der Waals surface area (Å²) in [7, 11) is 0. The molecule has 20 heavy (non-hydrogen) atoms. The molecule has 0 saturated carbocycles. The van der Waals surface area contributed by atoms with Crippen LogP contribution in [0.25, 0.3) is 0 Å². The molecule has 0 aliphatic carbocycles. The highest BCUT2D eigenvalue weighted by Crippen LogP contribution is 2.42. The number of carbonyl (C=O) groups is 1. The van der Waals surface area contributed by atoms with Crippen LogP contribution in [0, 0.1) is 0 Å². The zero-order valence-electron chi connectivity index (χ0n) is 10.7. The number of ether oxygens (including phenoxy) is 2. The Hall–Kier alpha value is -1.65. The number of fused-ring (bicyclic) bond motifs is 1. The van der Waals surface area contributed by atoms with Crippen LogP contribution in [0.15, 0.2) is 54.6 Å². The van der Waals surface area contributed by atoms with E-state index in [0.717, 1.165) is 11.1 Å². The van der Waals surface area contributed by atoms with Gasteiger partial charge < -0.3 is 9.47 Å². The molecule has 0 aromatic heterocycles. The van der Waals surface area contributed by atoms with Crippen LogP contribution in [-0.4, -0.2) is 17.9 Å². The minimum atomic E-state index is -1.14. The molecule has 1 aliphatic rings. The second kappa shape index (κ2) is 5.38. The molecule has 1 atom stereocenters. The summed E-state index contributed by atoms with van der Waals surface area (Å²) in [6.07, 6.45) is 0. The first-order chi connectivity index (χ1) is 9.78. The van der Waals surface area contributed by atoms with E-state index in [-0.39, 0.29) is 5.97 Å². The maximum absolute atomic E-state index is 12.1. The number of alkyl halides is 1. The van der Waals surface area contributed by atoms with Gasteiger partial charge in [-0.25, -0.2) is 4.79 Å². The first-order valence-electron chi connectivity index (χ1n) is 6.36. The molecule has 0 fully saturated rings. The second-order valence-electron chi connectivity index (χ2n) is 4.46. The number of carbonyl (C=O) groups excluding carboxylic acids is 1. The molecular formula is C16H13BrO3. The van der Waals surface area contributed by atoms with Gasteiger partial charge in [0, 0.05) is 16.5 Å². The summed E-state index contributed by atoms with van der Waals surface area (Å²) in [6, 6.07) is 16.9. The summed E-state index contributed by atoms with van der Waals surface area (Å²) in [5.74, 6) is -1.48. The van der Waals surface area contributed by atoms with Crippen molar-refractivity contribution in [3.63, 3.8) is 0 Å². The third-order valence-electron chi connectivity index (χ3n) is 3.27. The molecule has 1 heterocycles. The van der Waals surface area contributed by atoms with Crippen molar-refractivity contribution >= 4 is 21.9 Å². The zero-order valence-corrected chi connectivity index (χ0v) is 12.3. The Balaban J connectivity index is 2.16.